The minimum atomic E-state index is -4.96. The Labute approximate surface area is 607 Å². The molecule has 17 nitrogen and oxygen atoms in total. The Bertz CT molecular complexity index is 1910. The Morgan fingerprint density at radius 1 is 0.273 bits per heavy atom. The highest BCUT2D eigenvalue weighted by molar-refractivity contribution is 7.47. The summed E-state index contributed by atoms with van der Waals surface area (Å²) < 4.78 is 68.6. The van der Waals surface area contributed by atoms with Crippen molar-refractivity contribution in [3.05, 3.63) is 0 Å². The van der Waals surface area contributed by atoms with Gasteiger partial charge < -0.3 is 33.8 Å². The number of unbranched alkanes of at least 4 members (excludes halogenated alkanes) is 49. The summed E-state index contributed by atoms with van der Waals surface area (Å²) in [6.07, 6.45) is 61.1. The number of hydrogen-bond acceptors (Lipinski definition) is 15. The molecule has 0 aliphatic carbocycles. The van der Waals surface area contributed by atoms with E-state index in [1.807, 2.05) is 0 Å². The predicted octanol–water partition coefficient (Wildman–Crippen LogP) is 23.9. The number of rotatable bonds is 79. The van der Waals surface area contributed by atoms with Crippen molar-refractivity contribution in [2.45, 2.75) is 439 Å². The zero-order chi connectivity index (χ0) is 72.8. The van der Waals surface area contributed by atoms with Crippen LogP contribution in [0, 0.1) is 11.8 Å². The maximum atomic E-state index is 13.1. The minimum absolute atomic E-state index is 0.105. The van der Waals surface area contributed by atoms with E-state index in [-0.39, 0.29) is 25.7 Å². The van der Waals surface area contributed by atoms with E-state index in [1.54, 1.807) is 0 Å². The van der Waals surface area contributed by atoms with E-state index in [1.165, 1.54) is 238 Å². The Balaban J connectivity index is 5.22. The van der Waals surface area contributed by atoms with Crippen LogP contribution >= 0.6 is 15.6 Å². The number of hydrogen-bond donors (Lipinski definition) is 3. The summed E-state index contributed by atoms with van der Waals surface area (Å²) in [5.41, 5.74) is 0. The lowest BCUT2D eigenvalue weighted by Gasteiger charge is -2.21. The maximum Gasteiger partial charge on any atom is 0.472 e. The normalized spacial score (nSPS) is 13.9. The van der Waals surface area contributed by atoms with Crippen molar-refractivity contribution in [2.75, 3.05) is 39.6 Å². The van der Waals surface area contributed by atoms with Crippen LogP contribution in [0.15, 0.2) is 0 Å². The standard InChI is InChI=1S/C80H156O17P2/c1-7-9-11-13-15-17-19-20-21-22-23-27-30-34-38-45-51-57-63-78(83)91-68-75(96-79(84)64-58-52-46-39-35-31-28-25-24-26-29-33-36-42-48-54-60-72(3)4)70-94-98(86,87)92-66-74(81)67-93-99(88,89)95-71-76(97-80(85)65-59-53-47-41-40-43-49-55-61-73(5)6)69-90-77(82)62-56-50-44-37-32-18-16-14-12-10-8-2/h72-76,81H,7-71H2,1-6H3,(H,86,87)(H,88,89)/t74-,75-,76-/m1/s1. The first-order valence-electron chi connectivity index (χ1n) is 41.5. The molecule has 0 aromatic heterocycles. The van der Waals surface area contributed by atoms with Crippen LogP contribution in [-0.4, -0.2) is 96.7 Å². The molecule has 0 aliphatic rings. The molecule has 0 radical (unpaired) electrons. The summed E-state index contributed by atoms with van der Waals surface area (Å²) in [5.74, 6) is -0.583. The number of carbonyl (C=O) groups excluding carboxylic acids is 4. The van der Waals surface area contributed by atoms with Crippen molar-refractivity contribution >= 4 is 39.5 Å². The van der Waals surface area contributed by atoms with Crippen LogP contribution in [0.3, 0.4) is 0 Å². The highest BCUT2D eigenvalue weighted by atomic mass is 31.2. The average Bonchev–Trinajstić information content (AvgIpc) is 1.07. The smallest absolute Gasteiger partial charge is 0.462 e. The third-order valence-electron chi connectivity index (χ3n) is 18.7. The first-order valence-corrected chi connectivity index (χ1v) is 44.5. The van der Waals surface area contributed by atoms with Crippen LogP contribution < -0.4 is 0 Å². The molecule has 0 spiro atoms. The fourth-order valence-corrected chi connectivity index (χ4v) is 13.9. The summed E-state index contributed by atoms with van der Waals surface area (Å²) in [7, 11) is -9.92. The third-order valence-corrected chi connectivity index (χ3v) is 20.6. The molecule has 2 unspecified atom stereocenters. The van der Waals surface area contributed by atoms with Gasteiger partial charge in [-0.3, -0.25) is 37.3 Å². The monoisotopic (exact) mass is 1450 g/mol. The lowest BCUT2D eigenvalue weighted by Crippen LogP contribution is -2.30. The lowest BCUT2D eigenvalue weighted by atomic mass is 10.0. The summed E-state index contributed by atoms with van der Waals surface area (Å²) in [6, 6.07) is 0. The molecule has 0 aromatic carbocycles. The van der Waals surface area contributed by atoms with Crippen LogP contribution in [-0.2, 0) is 65.4 Å². The summed E-state index contributed by atoms with van der Waals surface area (Å²) in [4.78, 5) is 72.9. The fourth-order valence-electron chi connectivity index (χ4n) is 12.4. The number of phosphoric ester groups is 2. The van der Waals surface area contributed by atoms with Crippen LogP contribution in [0.25, 0.3) is 0 Å². The van der Waals surface area contributed by atoms with Gasteiger partial charge in [0.2, 0.25) is 0 Å². The maximum absolute atomic E-state index is 13.1. The van der Waals surface area contributed by atoms with Gasteiger partial charge >= 0.3 is 39.5 Å². The second kappa shape index (κ2) is 71.7. The van der Waals surface area contributed by atoms with Crippen molar-refractivity contribution in [3.63, 3.8) is 0 Å². The van der Waals surface area contributed by atoms with E-state index in [0.29, 0.717) is 25.7 Å². The van der Waals surface area contributed by atoms with E-state index in [4.69, 9.17) is 37.0 Å². The SMILES string of the molecule is CCCCCCCCCCCCCCCCCCCCC(=O)OC[C@H](COP(=O)(O)OC[C@@H](O)COP(=O)(O)OC[C@@H](COC(=O)CCCCCCCCCCCCC)OC(=O)CCCCCCCCCCC(C)C)OC(=O)CCCCCCCCCCCCCCCCCCC(C)C. The highest BCUT2D eigenvalue weighted by Crippen LogP contribution is 2.45. The second-order valence-corrected chi connectivity index (χ2v) is 32.7. The van der Waals surface area contributed by atoms with E-state index >= 15 is 0 Å². The van der Waals surface area contributed by atoms with Crippen LogP contribution in [0.4, 0.5) is 0 Å². The van der Waals surface area contributed by atoms with Crippen LogP contribution in [0.2, 0.25) is 0 Å². The van der Waals surface area contributed by atoms with E-state index in [9.17, 15) is 43.2 Å². The first kappa shape index (κ1) is 97.1. The Morgan fingerprint density at radius 2 is 0.465 bits per heavy atom. The topological polar surface area (TPSA) is 237 Å². The summed E-state index contributed by atoms with van der Waals surface area (Å²) >= 11 is 0. The van der Waals surface area contributed by atoms with Gasteiger partial charge in [0.25, 0.3) is 0 Å². The van der Waals surface area contributed by atoms with Crippen molar-refractivity contribution in [1.82, 2.24) is 0 Å². The van der Waals surface area contributed by atoms with Gasteiger partial charge in [-0.05, 0) is 37.5 Å². The zero-order valence-corrected chi connectivity index (χ0v) is 66.6. The van der Waals surface area contributed by atoms with Gasteiger partial charge in [-0.2, -0.15) is 0 Å². The van der Waals surface area contributed by atoms with Crippen molar-refractivity contribution in [1.29, 1.82) is 0 Å². The molecule has 0 aromatic rings. The predicted molar refractivity (Wildman–Crippen MR) is 405 cm³/mol. The molecule has 0 rings (SSSR count). The molecule has 0 saturated carbocycles. The van der Waals surface area contributed by atoms with Gasteiger partial charge in [-0.15, -0.1) is 0 Å². The van der Waals surface area contributed by atoms with Crippen molar-refractivity contribution in [3.8, 4) is 0 Å². The molecule has 19 heteroatoms. The number of phosphoric acid groups is 2. The third kappa shape index (κ3) is 74.1. The molecular weight excluding hydrogens is 1290 g/mol. The van der Waals surface area contributed by atoms with E-state index < -0.39 is 97.5 Å². The number of ether oxygens (including phenoxy) is 4. The minimum Gasteiger partial charge on any atom is -0.462 e. The van der Waals surface area contributed by atoms with Crippen LogP contribution in [0.5, 0.6) is 0 Å². The highest BCUT2D eigenvalue weighted by Gasteiger charge is 2.30. The van der Waals surface area contributed by atoms with Gasteiger partial charge in [-0.25, -0.2) is 9.13 Å². The molecule has 3 N–H and O–H groups in total. The van der Waals surface area contributed by atoms with Gasteiger partial charge in [-0.1, -0.05) is 369 Å². The average molecular weight is 1450 g/mol. The zero-order valence-electron chi connectivity index (χ0n) is 64.8. The number of carbonyl (C=O) groups is 4. The molecule has 0 bridgehead atoms. The molecule has 99 heavy (non-hydrogen) atoms. The molecule has 0 aliphatic heterocycles. The number of aliphatic hydroxyl groups excluding tert-OH is 1. The molecule has 0 heterocycles. The largest absolute Gasteiger partial charge is 0.472 e. The quantitative estimate of drug-likeness (QED) is 0.0222. The van der Waals surface area contributed by atoms with Gasteiger partial charge in [0.15, 0.2) is 12.2 Å². The number of esters is 4. The van der Waals surface area contributed by atoms with Crippen LogP contribution in [0.1, 0.15) is 420 Å². The molecule has 588 valence electrons. The molecule has 0 saturated heterocycles. The molecule has 0 fully saturated rings. The molecular formula is C80H156O17P2. The van der Waals surface area contributed by atoms with E-state index in [2.05, 4.69) is 41.5 Å². The van der Waals surface area contributed by atoms with Crippen molar-refractivity contribution < 1.29 is 80.2 Å². The lowest BCUT2D eigenvalue weighted by molar-refractivity contribution is -0.161. The Morgan fingerprint density at radius 3 is 0.687 bits per heavy atom. The number of aliphatic hydroxyl groups is 1. The van der Waals surface area contributed by atoms with Gasteiger partial charge in [0, 0.05) is 25.7 Å². The molecule has 0 amide bonds. The Hall–Kier alpha value is -1.94. The van der Waals surface area contributed by atoms with E-state index in [0.717, 1.165) is 102 Å². The molecule has 5 atom stereocenters. The summed E-state index contributed by atoms with van der Waals surface area (Å²) in [5, 5.41) is 10.6. The first-order chi connectivity index (χ1) is 47.9. The second-order valence-electron chi connectivity index (χ2n) is 29.8. The van der Waals surface area contributed by atoms with Crippen molar-refractivity contribution in [2.24, 2.45) is 11.8 Å². The van der Waals surface area contributed by atoms with Gasteiger partial charge in [0.1, 0.15) is 19.3 Å². The van der Waals surface area contributed by atoms with Gasteiger partial charge in [0.05, 0.1) is 26.4 Å². The Kier molecular flexibility index (Phi) is 70.3. The fraction of sp³-hybridized carbons (Fsp3) is 0.950. The summed E-state index contributed by atoms with van der Waals surface area (Å²) in [6.45, 7) is 9.61.